The van der Waals surface area contributed by atoms with E-state index in [2.05, 4.69) is 10.0 Å². The predicted molar refractivity (Wildman–Crippen MR) is 83.2 cm³/mol. The fourth-order valence-corrected chi connectivity index (χ4v) is 3.26. The summed E-state index contributed by atoms with van der Waals surface area (Å²) in [6, 6.07) is 4.47. The molecule has 1 atom stereocenters. The fourth-order valence-electron chi connectivity index (χ4n) is 2.09. The molecular weight excluding hydrogens is 324 g/mol. The lowest BCUT2D eigenvalue weighted by atomic mass is 10.2. The van der Waals surface area contributed by atoms with Crippen molar-refractivity contribution in [1.29, 1.82) is 0 Å². The van der Waals surface area contributed by atoms with Crippen molar-refractivity contribution in [3.05, 3.63) is 23.8 Å². The number of benzene rings is 1. The van der Waals surface area contributed by atoms with Crippen LogP contribution in [0, 0.1) is 0 Å². The maximum Gasteiger partial charge on any atom is 0.251 e. The van der Waals surface area contributed by atoms with Crippen LogP contribution in [-0.2, 0) is 14.8 Å². The molecule has 23 heavy (non-hydrogen) atoms. The van der Waals surface area contributed by atoms with E-state index < -0.39 is 10.0 Å². The molecule has 1 aliphatic rings. The Balaban J connectivity index is 1.82. The first-order valence-corrected chi connectivity index (χ1v) is 8.73. The molecule has 8 nitrogen and oxygen atoms in total. The van der Waals surface area contributed by atoms with E-state index in [4.69, 9.17) is 14.2 Å². The molecule has 2 rings (SSSR count). The SMILES string of the molecule is COC[C@H](C)NS(=O)(=O)CCNC(=O)c1ccc2c(c1)OCO2. The van der Waals surface area contributed by atoms with E-state index in [1.807, 2.05) is 0 Å². The Morgan fingerprint density at radius 1 is 1.35 bits per heavy atom. The van der Waals surface area contributed by atoms with Gasteiger partial charge < -0.3 is 19.5 Å². The standard InChI is InChI=1S/C14H20N2O6S/c1-10(8-20-2)16-23(18,19)6-5-15-14(17)11-3-4-12-13(7-11)22-9-21-12/h3-4,7,10,16H,5-6,8-9H2,1-2H3,(H,15,17)/t10-/m0/s1. The number of nitrogens with one attached hydrogen (secondary N) is 2. The number of rotatable bonds is 8. The van der Waals surface area contributed by atoms with Gasteiger partial charge in [-0.25, -0.2) is 13.1 Å². The van der Waals surface area contributed by atoms with Gasteiger partial charge >= 0.3 is 0 Å². The molecule has 2 N–H and O–H groups in total. The third-order valence-corrected chi connectivity index (χ3v) is 4.59. The van der Waals surface area contributed by atoms with E-state index in [0.717, 1.165) is 0 Å². The summed E-state index contributed by atoms with van der Waals surface area (Å²) in [5.74, 6) is 0.501. The minimum absolute atomic E-state index is 0.00229. The molecule has 0 unspecified atom stereocenters. The van der Waals surface area contributed by atoms with Gasteiger partial charge in [-0.15, -0.1) is 0 Å². The first-order valence-electron chi connectivity index (χ1n) is 7.08. The second-order valence-corrected chi connectivity index (χ2v) is 6.99. The van der Waals surface area contributed by atoms with E-state index in [1.54, 1.807) is 25.1 Å². The average Bonchev–Trinajstić information content (AvgIpc) is 2.93. The molecule has 0 aliphatic carbocycles. The number of fused-ring (bicyclic) bond motifs is 1. The van der Waals surface area contributed by atoms with Crippen LogP contribution in [0.25, 0.3) is 0 Å². The van der Waals surface area contributed by atoms with Crippen LogP contribution in [0.1, 0.15) is 17.3 Å². The first kappa shape index (κ1) is 17.5. The Bertz CT molecular complexity index is 661. The van der Waals surface area contributed by atoms with Crippen LogP contribution in [0.2, 0.25) is 0 Å². The lowest BCUT2D eigenvalue weighted by Gasteiger charge is -2.13. The smallest absolute Gasteiger partial charge is 0.251 e. The van der Waals surface area contributed by atoms with Gasteiger partial charge in [0.15, 0.2) is 11.5 Å². The Morgan fingerprint density at radius 2 is 2.09 bits per heavy atom. The average molecular weight is 344 g/mol. The summed E-state index contributed by atoms with van der Waals surface area (Å²) in [5, 5.41) is 2.57. The largest absolute Gasteiger partial charge is 0.454 e. The maximum atomic E-state index is 12.0. The molecule has 0 aromatic heterocycles. The molecule has 128 valence electrons. The molecule has 0 fully saturated rings. The van der Waals surface area contributed by atoms with E-state index in [9.17, 15) is 13.2 Å². The molecule has 1 aromatic rings. The highest BCUT2D eigenvalue weighted by Crippen LogP contribution is 2.32. The van der Waals surface area contributed by atoms with Crippen LogP contribution >= 0.6 is 0 Å². The first-order chi connectivity index (χ1) is 10.9. The summed E-state index contributed by atoms with van der Waals surface area (Å²) in [6.45, 7) is 2.11. The molecule has 0 spiro atoms. The minimum Gasteiger partial charge on any atom is -0.454 e. The Hall–Kier alpha value is -1.84. The highest BCUT2D eigenvalue weighted by atomic mass is 32.2. The number of sulfonamides is 1. The zero-order chi connectivity index (χ0) is 16.9. The van der Waals surface area contributed by atoms with Crippen molar-refractivity contribution in [1.82, 2.24) is 10.0 Å². The summed E-state index contributed by atoms with van der Waals surface area (Å²) < 4.78 is 41.4. The fraction of sp³-hybridized carbons (Fsp3) is 0.500. The number of hydrogen-bond acceptors (Lipinski definition) is 6. The van der Waals surface area contributed by atoms with Crippen molar-refractivity contribution >= 4 is 15.9 Å². The summed E-state index contributed by atoms with van der Waals surface area (Å²) in [5.41, 5.74) is 0.382. The summed E-state index contributed by atoms with van der Waals surface area (Å²) in [4.78, 5) is 12.0. The van der Waals surface area contributed by atoms with Crippen LogP contribution in [0.3, 0.4) is 0 Å². The molecule has 0 saturated carbocycles. The lowest BCUT2D eigenvalue weighted by Crippen LogP contribution is -2.40. The van der Waals surface area contributed by atoms with Gasteiger partial charge in [0.25, 0.3) is 5.91 Å². The van der Waals surface area contributed by atoms with Crippen LogP contribution in [0.15, 0.2) is 18.2 Å². The quantitative estimate of drug-likeness (QED) is 0.693. The van der Waals surface area contributed by atoms with Crippen LogP contribution in [0.5, 0.6) is 11.5 Å². The second kappa shape index (κ2) is 7.62. The molecule has 0 saturated heterocycles. The van der Waals surface area contributed by atoms with Crippen LogP contribution in [-0.4, -0.2) is 53.2 Å². The molecule has 1 aromatic carbocycles. The van der Waals surface area contributed by atoms with E-state index >= 15 is 0 Å². The zero-order valence-corrected chi connectivity index (χ0v) is 13.8. The predicted octanol–water partition coefficient (Wildman–Crippen LogP) is 0.0994. The molecule has 0 radical (unpaired) electrons. The number of ether oxygens (including phenoxy) is 3. The number of hydrogen-bond donors (Lipinski definition) is 2. The third kappa shape index (κ3) is 5.08. The Labute approximate surface area is 135 Å². The Kier molecular flexibility index (Phi) is 5.80. The van der Waals surface area contributed by atoms with Crippen molar-refractivity contribution in [2.75, 3.05) is 32.8 Å². The molecule has 1 heterocycles. The van der Waals surface area contributed by atoms with Crippen molar-refractivity contribution in [3.8, 4) is 11.5 Å². The topological polar surface area (TPSA) is 103 Å². The maximum absolute atomic E-state index is 12.0. The van der Waals surface area contributed by atoms with Crippen molar-refractivity contribution in [3.63, 3.8) is 0 Å². The summed E-state index contributed by atoms with van der Waals surface area (Å²) >= 11 is 0. The zero-order valence-electron chi connectivity index (χ0n) is 13.0. The van der Waals surface area contributed by atoms with Gasteiger partial charge in [0.2, 0.25) is 16.8 Å². The molecule has 1 amide bonds. The van der Waals surface area contributed by atoms with Crippen molar-refractivity contribution < 1.29 is 27.4 Å². The molecule has 1 aliphatic heterocycles. The van der Waals surface area contributed by atoms with Crippen LogP contribution in [0.4, 0.5) is 0 Å². The van der Waals surface area contributed by atoms with E-state index in [0.29, 0.717) is 17.1 Å². The van der Waals surface area contributed by atoms with Gasteiger partial charge in [-0.1, -0.05) is 0 Å². The second-order valence-electron chi connectivity index (χ2n) is 5.12. The highest BCUT2D eigenvalue weighted by Gasteiger charge is 2.17. The molecule has 0 bridgehead atoms. The number of carbonyl (C=O) groups excluding carboxylic acids is 1. The third-order valence-electron chi connectivity index (χ3n) is 3.09. The summed E-state index contributed by atoms with van der Waals surface area (Å²) in [7, 11) is -1.98. The van der Waals surface area contributed by atoms with E-state index in [1.165, 1.54) is 7.11 Å². The number of amides is 1. The lowest BCUT2D eigenvalue weighted by molar-refractivity contribution is 0.0955. The molecular formula is C14H20N2O6S. The minimum atomic E-state index is -3.48. The van der Waals surface area contributed by atoms with Gasteiger partial charge in [-0.3, -0.25) is 4.79 Å². The van der Waals surface area contributed by atoms with Gasteiger partial charge in [0, 0.05) is 25.3 Å². The Morgan fingerprint density at radius 3 is 2.83 bits per heavy atom. The van der Waals surface area contributed by atoms with Gasteiger partial charge in [0.1, 0.15) is 0 Å². The van der Waals surface area contributed by atoms with E-state index in [-0.39, 0.29) is 37.6 Å². The highest BCUT2D eigenvalue weighted by molar-refractivity contribution is 7.89. The molecule has 9 heteroatoms. The normalized spacial score (nSPS) is 14.5. The number of carbonyl (C=O) groups is 1. The van der Waals surface area contributed by atoms with Gasteiger partial charge in [-0.05, 0) is 25.1 Å². The van der Waals surface area contributed by atoms with Crippen molar-refractivity contribution in [2.24, 2.45) is 0 Å². The van der Waals surface area contributed by atoms with Crippen molar-refractivity contribution in [2.45, 2.75) is 13.0 Å². The van der Waals surface area contributed by atoms with Gasteiger partial charge in [-0.2, -0.15) is 0 Å². The van der Waals surface area contributed by atoms with Gasteiger partial charge in [0.05, 0.1) is 12.4 Å². The van der Waals surface area contributed by atoms with Crippen LogP contribution < -0.4 is 19.5 Å². The monoisotopic (exact) mass is 344 g/mol. The summed E-state index contributed by atoms with van der Waals surface area (Å²) in [6.07, 6.45) is 0. The number of methoxy groups -OCH3 is 1.